The zero-order valence-corrected chi connectivity index (χ0v) is 17.6. The fraction of sp³-hybridized carbons (Fsp3) is 0.714. The Balaban J connectivity index is 1.81. The minimum Gasteiger partial charge on any atom is -0.466 e. The second-order valence-corrected chi connectivity index (χ2v) is 7.38. The molecule has 1 fully saturated rings. The van der Waals surface area contributed by atoms with Crippen molar-refractivity contribution in [1.82, 2.24) is 15.1 Å². The molecule has 7 heteroatoms. The molecule has 1 N–H and O–H groups in total. The van der Waals surface area contributed by atoms with E-state index in [1.807, 2.05) is 13.8 Å². The fourth-order valence-electron chi connectivity index (χ4n) is 3.38. The van der Waals surface area contributed by atoms with Gasteiger partial charge in [-0.2, -0.15) is 0 Å². The van der Waals surface area contributed by atoms with E-state index in [2.05, 4.69) is 17.1 Å². The molecule has 2 amide bonds. The molecule has 7 nitrogen and oxygen atoms in total. The molecule has 0 unspecified atom stereocenters. The molecule has 28 heavy (non-hydrogen) atoms. The van der Waals surface area contributed by atoms with Crippen molar-refractivity contribution in [1.29, 1.82) is 0 Å². The van der Waals surface area contributed by atoms with Crippen LogP contribution in [0.2, 0.25) is 0 Å². The number of nitrogens with zero attached hydrogens (tertiary/aromatic N) is 2. The lowest BCUT2D eigenvalue weighted by molar-refractivity contribution is -0.121. The van der Waals surface area contributed by atoms with E-state index < -0.39 is 0 Å². The summed E-state index contributed by atoms with van der Waals surface area (Å²) in [6.45, 7) is 11.7. The second-order valence-electron chi connectivity index (χ2n) is 7.38. The Bertz CT molecular complexity index is 623. The van der Waals surface area contributed by atoms with Crippen LogP contribution < -0.4 is 5.32 Å². The van der Waals surface area contributed by atoms with Crippen LogP contribution in [0.15, 0.2) is 10.5 Å². The molecule has 2 heterocycles. The smallest absolute Gasteiger partial charge is 0.257 e. The number of nitrogens with one attached hydrogen (secondary N) is 1. The number of carbonyl (C=O) groups is 2. The molecule has 1 saturated heterocycles. The second kappa shape index (κ2) is 11.9. The van der Waals surface area contributed by atoms with Crippen molar-refractivity contribution in [2.45, 2.75) is 46.5 Å². The summed E-state index contributed by atoms with van der Waals surface area (Å²) in [4.78, 5) is 29.2. The molecule has 0 saturated carbocycles. The van der Waals surface area contributed by atoms with Gasteiger partial charge in [-0.15, -0.1) is 0 Å². The summed E-state index contributed by atoms with van der Waals surface area (Å²) in [5.74, 6) is 1.31. The number of carbonyl (C=O) groups excluding carboxylic acids is 2. The highest BCUT2D eigenvalue weighted by atomic mass is 16.5. The Hall–Kier alpha value is -1.86. The summed E-state index contributed by atoms with van der Waals surface area (Å²) >= 11 is 0. The van der Waals surface area contributed by atoms with Crippen LogP contribution in [0.4, 0.5) is 0 Å². The van der Waals surface area contributed by atoms with E-state index in [-0.39, 0.29) is 11.8 Å². The summed E-state index contributed by atoms with van der Waals surface area (Å²) in [5, 5.41) is 2.97. The van der Waals surface area contributed by atoms with Crippen LogP contribution in [-0.2, 0) is 9.53 Å². The average Bonchev–Trinajstić information content (AvgIpc) is 3.03. The van der Waals surface area contributed by atoms with Crippen LogP contribution in [-0.4, -0.2) is 74.1 Å². The molecule has 158 valence electrons. The van der Waals surface area contributed by atoms with Gasteiger partial charge in [0.05, 0.1) is 18.8 Å². The predicted octanol–water partition coefficient (Wildman–Crippen LogP) is 2.37. The largest absolute Gasteiger partial charge is 0.466 e. The Labute approximate surface area is 168 Å². The van der Waals surface area contributed by atoms with Gasteiger partial charge in [0.25, 0.3) is 5.91 Å². The highest BCUT2D eigenvalue weighted by molar-refractivity contribution is 5.95. The Morgan fingerprint density at radius 3 is 2.57 bits per heavy atom. The summed E-state index contributed by atoms with van der Waals surface area (Å²) < 4.78 is 10.8. The molecule has 0 spiro atoms. The van der Waals surface area contributed by atoms with Gasteiger partial charge < -0.3 is 19.4 Å². The summed E-state index contributed by atoms with van der Waals surface area (Å²) in [6.07, 6.45) is 3.42. The van der Waals surface area contributed by atoms with E-state index in [4.69, 9.17) is 9.15 Å². The van der Waals surface area contributed by atoms with E-state index in [1.54, 1.807) is 11.0 Å². The first-order valence-electron chi connectivity index (χ1n) is 10.4. The van der Waals surface area contributed by atoms with Crippen LogP contribution in [0.1, 0.15) is 54.5 Å². The van der Waals surface area contributed by atoms with Crippen molar-refractivity contribution in [3.8, 4) is 0 Å². The first kappa shape index (κ1) is 22.4. The quantitative estimate of drug-likeness (QED) is 0.584. The van der Waals surface area contributed by atoms with Crippen molar-refractivity contribution < 1.29 is 18.7 Å². The summed E-state index contributed by atoms with van der Waals surface area (Å²) in [7, 11) is 0. The van der Waals surface area contributed by atoms with Crippen LogP contribution in [0, 0.1) is 13.8 Å². The lowest BCUT2D eigenvalue weighted by Gasteiger charge is -2.26. The molecule has 0 radical (unpaired) electrons. The molecule has 0 bridgehead atoms. The van der Waals surface area contributed by atoms with Crippen LogP contribution in [0.5, 0.6) is 0 Å². The number of furan rings is 1. The maximum atomic E-state index is 12.9. The van der Waals surface area contributed by atoms with Gasteiger partial charge in [0, 0.05) is 45.7 Å². The third-order valence-corrected chi connectivity index (χ3v) is 5.05. The number of hydrogen-bond acceptors (Lipinski definition) is 5. The number of rotatable bonds is 11. The van der Waals surface area contributed by atoms with Crippen molar-refractivity contribution in [2.75, 3.05) is 52.5 Å². The molecular formula is C21H35N3O4. The zero-order valence-electron chi connectivity index (χ0n) is 17.6. The monoisotopic (exact) mass is 393 g/mol. The van der Waals surface area contributed by atoms with E-state index in [9.17, 15) is 9.59 Å². The maximum Gasteiger partial charge on any atom is 0.257 e. The fourth-order valence-corrected chi connectivity index (χ4v) is 3.38. The summed E-state index contributed by atoms with van der Waals surface area (Å²) in [5.41, 5.74) is 0.599. The topological polar surface area (TPSA) is 75.0 Å². The van der Waals surface area contributed by atoms with Crippen molar-refractivity contribution in [3.63, 3.8) is 0 Å². The van der Waals surface area contributed by atoms with Gasteiger partial charge in [-0.05, 0) is 26.3 Å². The molecule has 1 aliphatic rings. The van der Waals surface area contributed by atoms with Gasteiger partial charge in [0.1, 0.15) is 11.5 Å². The molecule has 0 aromatic carbocycles. The Kier molecular flexibility index (Phi) is 9.50. The third kappa shape index (κ3) is 7.28. The third-order valence-electron chi connectivity index (χ3n) is 5.05. The molecule has 0 aliphatic carbocycles. The first-order chi connectivity index (χ1) is 13.5. The molecule has 1 aliphatic heterocycles. The normalized spacial score (nSPS) is 14.8. The molecular weight excluding hydrogens is 358 g/mol. The number of ether oxygens (including phenoxy) is 1. The minimum atomic E-state index is -0.0495. The first-order valence-corrected chi connectivity index (χ1v) is 10.4. The number of morpholine rings is 1. The van der Waals surface area contributed by atoms with E-state index >= 15 is 0 Å². The average molecular weight is 394 g/mol. The van der Waals surface area contributed by atoms with Crippen LogP contribution in [0.25, 0.3) is 0 Å². The van der Waals surface area contributed by atoms with Gasteiger partial charge in [-0.3, -0.25) is 14.5 Å². The Morgan fingerprint density at radius 1 is 1.18 bits per heavy atom. The van der Waals surface area contributed by atoms with Crippen molar-refractivity contribution in [3.05, 3.63) is 23.2 Å². The number of aryl methyl sites for hydroxylation is 2. The van der Waals surface area contributed by atoms with Crippen molar-refractivity contribution >= 4 is 11.8 Å². The van der Waals surface area contributed by atoms with E-state index in [0.717, 1.165) is 57.9 Å². The number of unbranched alkanes of at least 4 members (excludes halogenated alkanes) is 2. The van der Waals surface area contributed by atoms with Crippen molar-refractivity contribution in [2.24, 2.45) is 0 Å². The predicted molar refractivity (Wildman–Crippen MR) is 108 cm³/mol. The SMILES string of the molecule is CCCCCN(CCC(=O)NCCN1CCOCC1)C(=O)c1cc(C)oc1C. The van der Waals surface area contributed by atoms with Gasteiger partial charge in [0.15, 0.2) is 0 Å². The lowest BCUT2D eigenvalue weighted by atomic mass is 10.2. The lowest BCUT2D eigenvalue weighted by Crippen LogP contribution is -2.42. The number of amides is 2. The van der Waals surface area contributed by atoms with Gasteiger partial charge in [-0.1, -0.05) is 19.8 Å². The zero-order chi connectivity index (χ0) is 20.4. The molecule has 2 rings (SSSR count). The molecule has 0 atom stereocenters. The standard InChI is InChI=1S/C21H35N3O4/c1-4-5-6-9-24(21(26)19-16-17(2)28-18(19)3)10-7-20(25)22-8-11-23-12-14-27-15-13-23/h16H,4-15H2,1-3H3,(H,22,25). The maximum absolute atomic E-state index is 12.9. The van der Waals surface area contributed by atoms with Crippen LogP contribution >= 0.6 is 0 Å². The minimum absolute atomic E-state index is 0.0124. The Morgan fingerprint density at radius 2 is 1.93 bits per heavy atom. The molecule has 1 aromatic heterocycles. The highest BCUT2D eigenvalue weighted by Gasteiger charge is 2.21. The van der Waals surface area contributed by atoms with Gasteiger partial charge in [-0.25, -0.2) is 0 Å². The van der Waals surface area contributed by atoms with Gasteiger partial charge >= 0.3 is 0 Å². The highest BCUT2D eigenvalue weighted by Crippen LogP contribution is 2.17. The van der Waals surface area contributed by atoms with E-state index in [1.165, 1.54) is 0 Å². The van der Waals surface area contributed by atoms with Gasteiger partial charge in [0.2, 0.25) is 5.91 Å². The molecule has 1 aromatic rings. The van der Waals surface area contributed by atoms with E-state index in [0.29, 0.717) is 37.4 Å². The van der Waals surface area contributed by atoms with Crippen LogP contribution in [0.3, 0.4) is 0 Å². The summed E-state index contributed by atoms with van der Waals surface area (Å²) in [6, 6.07) is 1.78. The number of hydrogen-bond donors (Lipinski definition) is 1.